The molecule has 1 fully saturated rings. The van der Waals surface area contributed by atoms with Crippen molar-refractivity contribution in [2.45, 2.75) is 32.1 Å². The summed E-state index contributed by atoms with van der Waals surface area (Å²) in [5, 5.41) is 3.98. The van der Waals surface area contributed by atoms with E-state index in [4.69, 9.17) is 4.74 Å². The molecule has 2 rings (SSSR count). The minimum absolute atomic E-state index is 0.170. The highest BCUT2D eigenvalue weighted by atomic mass is 32.1. The molecule has 1 aromatic heterocycles. The van der Waals surface area contributed by atoms with Crippen molar-refractivity contribution in [3.05, 3.63) is 21.9 Å². The predicted molar refractivity (Wildman–Crippen MR) is 56.9 cm³/mol. The number of rotatable bonds is 3. The molecule has 0 radical (unpaired) electrons. The van der Waals surface area contributed by atoms with Crippen molar-refractivity contribution in [2.24, 2.45) is 0 Å². The molecular formula is C11H14O2S. The van der Waals surface area contributed by atoms with E-state index in [0.29, 0.717) is 6.61 Å². The van der Waals surface area contributed by atoms with E-state index in [-0.39, 0.29) is 11.4 Å². The third kappa shape index (κ3) is 1.57. The minimum atomic E-state index is -0.170. The molecule has 1 aliphatic carbocycles. The smallest absolute Gasteiger partial charge is 0.339 e. The van der Waals surface area contributed by atoms with Gasteiger partial charge in [0.2, 0.25) is 0 Å². The van der Waals surface area contributed by atoms with Crippen LogP contribution in [0.3, 0.4) is 0 Å². The van der Waals surface area contributed by atoms with Gasteiger partial charge in [-0.15, -0.1) is 0 Å². The average Bonchev–Trinajstić information content (AvgIpc) is 2.72. The van der Waals surface area contributed by atoms with E-state index in [2.05, 4.69) is 12.3 Å². The first kappa shape index (κ1) is 9.71. The van der Waals surface area contributed by atoms with Crippen molar-refractivity contribution in [1.29, 1.82) is 0 Å². The maximum absolute atomic E-state index is 11.6. The first-order chi connectivity index (χ1) is 6.67. The number of hydrogen-bond acceptors (Lipinski definition) is 3. The highest BCUT2D eigenvalue weighted by Gasteiger charge is 2.42. The lowest BCUT2D eigenvalue weighted by atomic mass is 9.98. The zero-order chi connectivity index (χ0) is 10.2. The lowest BCUT2D eigenvalue weighted by Gasteiger charge is -2.08. The summed E-state index contributed by atoms with van der Waals surface area (Å²) in [4.78, 5) is 11.6. The van der Waals surface area contributed by atoms with Crippen LogP contribution in [-0.4, -0.2) is 12.6 Å². The Kier molecular flexibility index (Phi) is 2.35. The van der Waals surface area contributed by atoms with Crippen LogP contribution in [0.1, 0.15) is 42.6 Å². The summed E-state index contributed by atoms with van der Waals surface area (Å²) in [6.07, 6.45) is 2.38. The fraction of sp³-hybridized carbons (Fsp3) is 0.545. The normalized spacial score (nSPS) is 17.9. The van der Waals surface area contributed by atoms with Gasteiger partial charge in [-0.2, -0.15) is 11.3 Å². The zero-order valence-corrected chi connectivity index (χ0v) is 9.32. The van der Waals surface area contributed by atoms with Gasteiger partial charge in [-0.05, 0) is 36.1 Å². The molecule has 1 aromatic rings. The predicted octanol–water partition coefficient (Wildman–Crippen LogP) is 2.98. The molecular weight excluding hydrogens is 196 g/mol. The number of carbonyl (C=O) groups excluding carboxylic acids is 1. The second kappa shape index (κ2) is 3.39. The summed E-state index contributed by atoms with van der Waals surface area (Å²) in [6, 6.07) is 0. The van der Waals surface area contributed by atoms with Gasteiger partial charge in [-0.1, -0.05) is 6.92 Å². The van der Waals surface area contributed by atoms with E-state index in [1.807, 2.05) is 12.3 Å². The van der Waals surface area contributed by atoms with Crippen LogP contribution in [0, 0.1) is 0 Å². The van der Waals surface area contributed by atoms with Gasteiger partial charge in [-0.3, -0.25) is 0 Å². The molecule has 0 aromatic carbocycles. The van der Waals surface area contributed by atoms with Crippen molar-refractivity contribution in [2.75, 3.05) is 6.61 Å². The molecule has 14 heavy (non-hydrogen) atoms. The van der Waals surface area contributed by atoms with Crippen LogP contribution in [0.4, 0.5) is 0 Å². The molecule has 76 valence electrons. The fourth-order valence-electron chi connectivity index (χ4n) is 1.59. The van der Waals surface area contributed by atoms with Crippen LogP contribution >= 0.6 is 11.3 Å². The number of hydrogen-bond donors (Lipinski definition) is 0. The van der Waals surface area contributed by atoms with Gasteiger partial charge >= 0.3 is 5.97 Å². The van der Waals surface area contributed by atoms with E-state index in [9.17, 15) is 4.79 Å². The molecule has 1 aliphatic rings. The van der Waals surface area contributed by atoms with E-state index in [0.717, 1.165) is 5.56 Å². The summed E-state index contributed by atoms with van der Waals surface area (Å²) in [5.41, 5.74) is 2.21. The summed E-state index contributed by atoms with van der Waals surface area (Å²) in [6.45, 7) is 4.49. The zero-order valence-electron chi connectivity index (χ0n) is 8.50. The number of ether oxygens (including phenoxy) is 1. The molecule has 0 bridgehead atoms. The summed E-state index contributed by atoms with van der Waals surface area (Å²) >= 11 is 1.59. The second-order valence-electron chi connectivity index (χ2n) is 3.98. The maximum atomic E-state index is 11.6. The van der Waals surface area contributed by atoms with Crippen LogP contribution in [0.2, 0.25) is 0 Å². The Morgan fingerprint density at radius 2 is 2.29 bits per heavy atom. The van der Waals surface area contributed by atoms with Crippen LogP contribution in [-0.2, 0) is 10.2 Å². The number of thiophene rings is 1. The Balaban J connectivity index is 2.25. The van der Waals surface area contributed by atoms with E-state index in [1.54, 1.807) is 11.3 Å². The van der Waals surface area contributed by atoms with Crippen LogP contribution in [0.15, 0.2) is 10.8 Å². The molecule has 3 heteroatoms. The van der Waals surface area contributed by atoms with Crippen molar-refractivity contribution in [1.82, 2.24) is 0 Å². The van der Waals surface area contributed by atoms with Crippen LogP contribution < -0.4 is 0 Å². The third-order valence-electron chi connectivity index (χ3n) is 2.81. The summed E-state index contributed by atoms with van der Waals surface area (Å²) < 4.78 is 5.02. The first-order valence-corrected chi connectivity index (χ1v) is 5.85. The van der Waals surface area contributed by atoms with E-state index < -0.39 is 0 Å². The average molecular weight is 210 g/mol. The molecule has 0 atom stereocenters. The molecule has 0 unspecified atom stereocenters. The fourth-order valence-corrected chi connectivity index (χ4v) is 2.56. The Labute approximate surface area is 87.9 Å². The van der Waals surface area contributed by atoms with E-state index in [1.165, 1.54) is 18.4 Å². The van der Waals surface area contributed by atoms with Gasteiger partial charge in [0, 0.05) is 5.38 Å². The molecule has 0 aliphatic heterocycles. The Bertz CT molecular complexity index is 350. The third-order valence-corrected chi connectivity index (χ3v) is 3.55. The summed E-state index contributed by atoms with van der Waals surface area (Å²) in [5.74, 6) is -0.170. The SMILES string of the molecule is CCOC(=O)c1cscc1C1(C)CC1. The Morgan fingerprint density at radius 1 is 1.57 bits per heavy atom. The molecule has 1 saturated carbocycles. The quantitative estimate of drug-likeness (QED) is 0.717. The van der Waals surface area contributed by atoms with Crippen molar-refractivity contribution in [3.63, 3.8) is 0 Å². The highest BCUT2D eigenvalue weighted by molar-refractivity contribution is 7.08. The topological polar surface area (TPSA) is 26.3 Å². The molecule has 0 amide bonds. The van der Waals surface area contributed by atoms with Crippen LogP contribution in [0.25, 0.3) is 0 Å². The maximum Gasteiger partial charge on any atom is 0.339 e. The van der Waals surface area contributed by atoms with Crippen molar-refractivity contribution >= 4 is 17.3 Å². The van der Waals surface area contributed by atoms with Crippen molar-refractivity contribution < 1.29 is 9.53 Å². The first-order valence-electron chi connectivity index (χ1n) is 4.91. The van der Waals surface area contributed by atoms with Gasteiger partial charge in [-0.25, -0.2) is 4.79 Å². The second-order valence-corrected chi connectivity index (χ2v) is 4.72. The largest absolute Gasteiger partial charge is 0.462 e. The van der Waals surface area contributed by atoms with Gasteiger partial charge < -0.3 is 4.74 Å². The highest BCUT2D eigenvalue weighted by Crippen LogP contribution is 2.49. The monoisotopic (exact) mass is 210 g/mol. The van der Waals surface area contributed by atoms with Gasteiger partial charge in [0.05, 0.1) is 12.2 Å². The number of esters is 1. The standard InChI is InChI=1S/C11H14O2S/c1-3-13-10(12)8-6-14-7-9(8)11(2)4-5-11/h6-7H,3-5H2,1-2H3. The lowest BCUT2D eigenvalue weighted by molar-refractivity contribution is 0.0525. The lowest BCUT2D eigenvalue weighted by Crippen LogP contribution is -2.10. The van der Waals surface area contributed by atoms with Crippen molar-refractivity contribution in [3.8, 4) is 0 Å². The Hall–Kier alpha value is -0.830. The van der Waals surface area contributed by atoms with E-state index >= 15 is 0 Å². The van der Waals surface area contributed by atoms with Gasteiger partial charge in [0.1, 0.15) is 0 Å². The molecule has 0 N–H and O–H groups in total. The molecule has 2 nitrogen and oxygen atoms in total. The molecule has 1 heterocycles. The van der Waals surface area contributed by atoms with Crippen LogP contribution in [0.5, 0.6) is 0 Å². The molecule has 0 spiro atoms. The Morgan fingerprint density at radius 3 is 2.86 bits per heavy atom. The number of carbonyl (C=O) groups is 1. The summed E-state index contributed by atoms with van der Waals surface area (Å²) in [7, 11) is 0. The molecule has 0 saturated heterocycles. The van der Waals surface area contributed by atoms with Gasteiger partial charge in [0.15, 0.2) is 0 Å². The van der Waals surface area contributed by atoms with Gasteiger partial charge in [0.25, 0.3) is 0 Å². The minimum Gasteiger partial charge on any atom is -0.462 e.